The Labute approximate surface area is 135 Å². The smallest absolute Gasteiger partial charge is 0.0566 e. The summed E-state index contributed by atoms with van der Waals surface area (Å²) in [5, 5.41) is 0. The number of hydrogen-bond donors (Lipinski definition) is 0. The summed E-state index contributed by atoms with van der Waals surface area (Å²) in [5.74, 6) is 1.60. The number of nitrogens with zero attached hydrogens (tertiary/aromatic N) is 2. The molecule has 0 N–H and O–H groups in total. The van der Waals surface area contributed by atoms with Crippen molar-refractivity contribution in [1.82, 2.24) is 9.55 Å². The van der Waals surface area contributed by atoms with Crippen LogP contribution in [-0.4, -0.2) is 9.55 Å². The number of fused-ring (bicyclic) bond motifs is 3. The van der Waals surface area contributed by atoms with Crippen molar-refractivity contribution in [1.29, 1.82) is 0 Å². The number of benzene rings is 1. The fourth-order valence-electron chi connectivity index (χ4n) is 3.02. The number of aryl methyl sites for hydroxylation is 1. The molecule has 0 saturated carbocycles. The van der Waals surface area contributed by atoms with E-state index in [0.717, 1.165) is 18.1 Å². The molecule has 1 unspecified atom stereocenters. The summed E-state index contributed by atoms with van der Waals surface area (Å²) in [6.07, 6.45) is 0. The second kappa shape index (κ2) is 5.12. The molecule has 109 valence electrons. The van der Waals surface area contributed by atoms with Gasteiger partial charge < -0.3 is 4.57 Å². The molecule has 3 heteroatoms. The van der Waals surface area contributed by atoms with Gasteiger partial charge in [0, 0.05) is 38.0 Å². The van der Waals surface area contributed by atoms with Crippen LogP contribution in [0.3, 0.4) is 0 Å². The minimum absolute atomic E-state index is 0. The Morgan fingerprint density at radius 1 is 1.30 bits per heavy atom. The van der Waals surface area contributed by atoms with Gasteiger partial charge in [0.25, 0.3) is 0 Å². The maximum atomic E-state index is 4.74. The molecule has 0 amide bonds. The molecule has 2 nitrogen and oxygen atoms in total. The zero-order valence-electron chi connectivity index (χ0n) is 12.7. The van der Waals surface area contributed by atoms with E-state index in [-0.39, 0.29) is 25.5 Å². The first-order valence-electron chi connectivity index (χ1n) is 6.94. The van der Waals surface area contributed by atoms with Crippen molar-refractivity contribution >= 4 is 0 Å². The Morgan fingerprint density at radius 2 is 2.00 bits per heavy atom. The van der Waals surface area contributed by atoms with Crippen LogP contribution in [0.15, 0.2) is 18.2 Å². The van der Waals surface area contributed by atoms with Crippen molar-refractivity contribution in [2.45, 2.75) is 47.1 Å². The first-order valence-corrected chi connectivity index (χ1v) is 6.94. The van der Waals surface area contributed by atoms with E-state index in [4.69, 9.17) is 4.98 Å². The SMILES string of the molecule is Cc1nc2n(c1C)CC(C(C)(C)C)c1ccc[c-]c1-2.[Ir]. The summed E-state index contributed by atoms with van der Waals surface area (Å²) in [6, 6.07) is 9.73. The normalized spacial score (nSPS) is 17.1. The Morgan fingerprint density at radius 3 is 2.65 bits per heavy atom. The number of rotatable bonds is 0. The molecule has 1 atom stereocenters. The molecule has 0 fully saturated rings. The fraction of sp³-hybridized carbons (Fsp3) is 0.471. The van der Waals surface area contributed by atoms with Crippen LogP contribution < -0.4 is 0 Å². The predicted octanol–water partition coefficient (Wildman–Crippen LogP) is 4.11. The molecule has 2 heterocycles. The van der Waals surface area contributed by atoms with Crippen LogP contribution in [-0.2, 0) is 26.7 Å². The molecule has 0 aliphatic carbocycles. The maximum absolute atomic E-state index is 4.74. The van der Waals surface area contributed by atoms with Gasteiger partial charge in [0.15, 0.2) is 0 Å². The maximum Gasteiger partial charge on any atom is 0.0566 e. The van der Waals surface area contributed by atoms with Crippen molar-refractivity contribution in [3.8, 4) is 11.4 Å². The van der Waals surface area contributed by atoms with Gasteiger partial charge in [0.05, 0.1) is 5.82 Å². The van der Waals surface area contributed by atoms with Gasteiger partial charge in [-0.05, 0) is 25.2 Å². The molecule has 0 saturated heterocycles. The van der Waals surface area contributed by atoms with Crippen LogP contribution in [0.5, 0.6) is 0 Å². The molecule has 1 aliphatic rings. The molecule has 0 spiro atoms. The predicted molar refractivity (Wildman–Crippen MR) is 78.2 cm³/mol. The van der Waals surface area contributed by atoms with Crippen molar-refractivity contribution < 1.29 is 20.1 Å². The van der Waals surface area contributed by atoms with Crippen molar-refractivity contribution in [2.75, 3.05) is 0 Å². The number of imidazole rings is 1. The minimum atomic E-state index is 0. The van der Waals surface area contributed by atoms with Crippen LogP contribution in [0.1, 0.15) is 43.6 Å². The van der Waals surface area contributed by atoms with E-state index in [1.807, 2.05) is 6.07 Å². The molecule has 1 aromatic heterocycles. The molecule has 2 aromatic rings. The molecular weight excluding hydrogens is 424 g/mol. The van der Waals surface area contributed by atoms with E-state index in [1.165, 1.54) is 16.8 Å². The third-order valence-corrected chi connectivity index (χ3v) is 4.36. The van der Waals surface area contributed by atoms with Gasteiger partial charge >= 0.3 is 0 Å². The largest absolute Gasteiger partial charge is 0.368 e. The van der Waals surface area contributed by atoms with Crippen molar-refractivity contribution in [3.63, 3.8) is 0 Å². The number of hydrogen-bond acceptors (Lipinski definition) is 1. The standard InChI is InChI=1S/C17H21N2.Ir/c1-11-12(2)19-10-15(17(3,4)5)13-8-6-7-9-14(13)16(19)18-11;/h6-8,15H,10H2,1-5H3;/q-1;. The summed E-state index contributed by atoms with van der Waals surface area (Å²) in [7, 11) is 0. The Balaban J connectivity index is 0.00000147. The fourth-order valence-corrected chi connectivity index (χ4v) is 3.02. The Hall–Kier alpha value is -0.921. The van der Waals surface area contributed by atoms with Crippen LogP contribution >= 0.6 is 0 Å². The molecule has 20 heavy (non-hydrogen) atoms. The second-order valence-electron chi connectivity index (χ2n) is 6.64. The van der Waals surface area contributed by atoms with Gasteiger partial charge in [-0.15, -0.1) is 35.4 Å². The average molecular weight is 446 g/mol. The summed E-state index contributed by atoms with van der Waals surface area (Å²) in [6.45, 7) is 12.2. The van der Waals surface area contributed by atoms with Crippen LogP contribution in [0.4, 0.5) is 0 Å². The zero-order chi connectivity index (χ0) is 13.8. The van der Waals surface area contributed by atoms with E-state index in [0.29, 0.717) is 5.92 Å². The molecular formula is C17H21IrN2-. The Kier molecular flexibility index (Phi) is 3.96. The van der Waals surface area contributed by atoms with Crippen LogP contribution in [0.2, 0.25) is 0 Å². The molecule has 1 aliphatic heterocycles. The van der Waals surface area contributed by atoms with E-state index in [2.05, 4.69) is 57.4 Å². The van der Waals surface area contributed by atoms with Crippen LogP contribution in [0.25, 0.3) is 11.4 Å². The monoisotopic (exact) mass is 446 g/mol. The van der Waals surface area contributed by atoms with Crippen molar-refractivity contribution in [2.24, 2.45) is 5.41 Å². The van der Waals surface area contributed by atoms with Crippen LogP contribution in [0, 0.1) is 25.3 Å². The van der Waals surface area contributed by atoms with Crippen molar-refractivity contribution in [3.05, 3.63) is 41.2 Å². The van der Waals surface area contributed by atoms with E-state index in [9.17, 15) is 0 Å². The zero-order valence-corrected chi connectivity index (χ0v) is 15.1. The van der Waals surface area contributed by atoms with Gasteiger partial charge in [-0.25, -0.2) is 0 Å². The van der Waals surface area contributed by atoms with Gasteiger partial charge in [0.1, 0.15) is 0 Å². The number of aromatic nitrogens is 2. The van der Waals surface area contributed by atoms with Gasteiger partial charge in [-0.2, -0.15) is 0 Å². The summed E-state index contributed by atoms with van der Waals surface area (Å²) < 4.78 is 2.37. The van der Waals surface area contributed by atoms with E-state index in [1.54, 1.807) is 0 Å². The third kappa shape index (κ3) is 2.27. The quantitative estimate of drug-likeness (QED) is 0.558. The second-order valence-corrected chi connectivity index (χ2v) is 6.64. The first-order chi connectivity index (χ1) is 8.89. The molecule has 1 radical (unpaired) electrons. The summed E-state index contributed by atoms with van der Waals surface area (Å²) >= 11 is 0. The topological polar surface area (TPSA) is 17.8 Å². The minimum Gasteiger partial charge on any atom is -0.368 e. The molecule has 1 aromatic carbocycles. The molecule has 3 rings (SSSR count). The van der Waals surface area contributed by atoms with E-state index < -0.39 is 0 Å². The van der Waals surface area contributed by atoms with Gasteiger partial charge in [-0.1, -0.05) is 20.8 Å². The first kappa shape index (κ1) is 15.5. The molecule has 0 bridgehead atoms. The van der Waals surface area contributed by atoms with Gasteiger partial charge in [-0.3, -0.25) is 4.98 Å². The third-order valence-electron chi connectivity index (χ3n) is 4.36. The Bertz CT molecular complexity index is 635. The average Bonchev–Trinajstić information content (AvgIpc) is 2.64. The summed E-state index contributed by atoms with van der Waals surface area (Å²) in [5.41, 5.74) is 5.24. The summed E-state index contributed by atoms with van der Waals surface area (Å²) in [4.78, 5) is 4.74. The van der Waals surface area contributed by atoms with Gasteiger partial charge in [0.2, 0.25) is 0 Å². The van der Waals surface area contributed by atoms with E-state index >= 15 is 0 Å².